The number of nitrogens with zero attached hydrogens (tertiary/aromatic N) is 4. The second-order valence-corrected chi connectivity index (χ2v) is 9.26. The van der Waals surface area contributed by atoms with Crippen molar-refractivity contribution in [3.63, 3.8) is 0 Å². The van der Waals surface area contributed by atoms with E-state index in [1.165, 1.54) is 34.9 Å². The lowest BCUT2D eigenvalue weighted by molar-refractivity contribution is -0.117. The van der Waals surface area contributed by atoms with Gasteiger partial charge in [0.2, 0.25) is 15.9 Å². The quantitative estimate of drug-likeness (QED) is 0.516. The van der Waals surface area contributed by atoms with Gasteiger partial charge in [-0.3, -0.25) is 4.79 Å². The third-order valence-electron chi connectivity index (χ3n) is 4.28. The van der Waals surface area contributed by atoms with E-state index in [0.717, 1.165) is 5.56 Å². The summed E-state index contributed by atoms with van der Waals surface area (Å²) in [6, 6.07) is 12.5. The average molecular weight is 447 g/mol. The Hall–Kier alpha value is -2.76. The van der Waals surface area contributed by atoms with E-state index in [1.54, 1.807) is 36.4 Å². The van der Waals surface area contributed by atoms with Crippen molar-refractivity contribution in [2.45, 2.75) is 24.3 Å². The lowest BCUT2D eigenvalue weighted by Crippen LogP contribution is -2.44. The van der Waals surface area contributed by atoms with Crippen molar-refractivity contribution in [3.05, 3.63) is 60.4 Å². The smallest absolute Gasteiger partial charge is 0.242 e. The molecule has 1 heterocycles. The van der Waals surface area contributed by atoms with Crippen LogP contribution in [-0.2, 0) is 14.8 Å². The number of aromatic nitrogens is 4. The molecule has 0 aliphatic heterocycles. The molecule has 2 aromatic carbocycles. The topological polar surface area (TPSA) is 119 Å². The van der Waals surface area contributed by atoms with Gasteiger partial charge in [0, 0.05) is 5.69 Å². The van der Waals surface area contributed by atoms with Gasteiger partial charge in [-0.15, -0.1) is 5.10 Å². The number of sulfonamides is 1. The summed E-state index contributed by atoms with van der Waals surface area (Å²) in [6.45, 7) is 1.88. The number of aryl methyl sites for hydroxylation is 1. The molecule has 2 N–H and O–H groups in total. The third-order valence-corrected chi connectivity index (χ3v) is 6.41. The van der Waals surface area contributed by atoms with E-state index >= 15 is 0 Å². The molecule has 0 aliphatic rings. The summed E-state index contributed by atoms with van der Waals surface area (Å²) in [4.78, 5) is 13.0. The Bertz CT molecular complexity index is 1090. The molecule has 1 aromatic heterocycles. The number of amides is 1. The molecule has 3 rings (SSSR count). The van der Waals surface area contributed by atoms with Crippen LogP contribution in [0.25, 0.3) is 5.69 Å². The van der Waals surface area contributed by atoms with Gasteiger partial charge in [0.15, 0.2) is 0 Å². The van der Waals surface area contributed by atoms with Gasteiger partial charge < -0.3 is 5.32 Å². The Morgan fingerprint density at radius 3 is 2.63 bits per heavy atom. The molecule has 0 saturated carbocycles. The van der Waals surface area contributed by atoms with Crippen LogP contribution in [0.4, 0.5) is 5.69 Å². The van der Waals surface area contributed by atoms with Crippen LogP contribution in [-0.4, -0.2) is 52.6 Å². The van der Waals surface area contributed by atoms with Gasteiger partial charge in [-0.2, -0.15) is 16.5 Å². The average Bonchev–Trinajstić information content (AvgIpc) is 3.26. The molecule has 0 saturated heterocycles. The van der Waals surface area contributed by atoms with Crippen LogP contribution in [0.2, 0.25) is 0 Å². The molecule has 30 heavy (non-hydrogen) atoms. The maximum Gasteiger partial charge on any atom is 0.242 e. The van der Waals surface area contributed by atoms with Gasteiger partial charge in [-0.1, -0.05) is 23.8 Å². The molecule has 9 nitrogen and oxygen atoms in total. The third kappa shape index (κ3) is 5.65. The standard InChI is InChI=1S/C19H22N6O3S2/c1-14-6-8-17(9-7-14)30(27,28)22-18(10-11-29-2)19(26)21-15-4-3-5-16(12-15)25-13-20-23-24-25/h3-9,12-13,18,22H,10-11H2,1-2H3,(H,21,26)/t18-/m1/s1. The predicted octanol–water partition coefficient (Wildman–Crippen LogP) is 2.01. The fourth-order valence-electron chi connectivity index (χ4n) is 2.69. The Labute approximate surface area is 179 Å². The zero-order valence-electron chi connectivity index (χ0n) is 16.5. The molecule has 1 atom stereocenters. The lowest BCUT2D eigenvalue weighted by Gasteiger charge is -2.18. The van der Waals surface area contributed by atoms with Crippen molar-refractivity contribution in [3.8, 4) is 5.69 Å². The molecular formula is C19H22N6O3S2. The number of hydrogen-bond acceptors (Lipinski definition) is 7. The highest BCUT2D eigenvalue weighted by Crippen LogP contribution is 2.16. The monoisotopic (exact) mass is 446 g/mol. The van der Waals surface area contributed by atoms with Crippen LogP contribution < -0.4 is 10.0 Å². The second kappa shape index (κ2) is 9.83. The summed E-state index contributed by atoms with van der Waals surface area (Å²) >= 11 is 1.54. The number of carbonyl (C=O) groups excluding carboxylic acids is 1. The van der Waals surface area contributed by atoms with E-state index < -0.39 is 22.0 Å². The van der Waals surface area contributed by atoms with E-state index in [-0.39, 0.29) is 4.90 Å². The first kappa shape index (κ1) is 21.9. The Morgan fingerprint density at radius 1 is 1.20 bits per heavy atom. The Morgan fingerprint density at radius 2 is 1.97 bits per heavy atom. The van der Waals surface area contributed by atoms with Crippen molar-refractivity contribution in [1.82, 2.24) is 24.9 Å². The van der Waals surface area contributed by atoms with Crippen molar-refractivity contribution >= 4 is 33.4 Å². The second-order valence-electron chi connectivity index (χ2n) is 6.56. The molecule has 3 aromatic rings. The van der Waals surface area contributed by atoms with Gasteiger partial charge >= 0.3 is 0 Å². The number of benzene rings is 2. The number of anilines is 1. The highest BCUT2D eigenvalue weighted by atomic mass is 32.2. The van der Waals surface area contributed by atoms with E-state index in [9.17, 15) is 13.2 Å². The summed E-state index contributed by atoms with van der Waals surface area (Å²) in [7, 11) is -3.84. The molecule has 0 spiro atoms. The molecule has 11 heteroatoms. The molecule has 0 radical (unpaired) electrons. The highest BCUT2D eigenvalue weighted by Gasteiger charge is 2.25. The van der Waals surface area contributed by atoms with Gasteiger partial charge in [0.05, 0.1) is 10.6 Å². The summed E-state index contributed by atoms with van der Waals surface area (Å²) in [5.41, 5.74) is 2.13. The summed E-state index contributed by atoms with van der Waals surface area (Å²) < 4.78 is 29.5. The maximum absolute atomic E-state index is 12.9. The largest absolute Gasteiger partial charge is 0.325 e. The summed E-state index contributed by atoms with van der Waals surface area (Å²) in [5.74, 6) is 0.188. The molecule has 1 amide bonds. The maximum atomic E-state index is 12.9. The van der Waals surface area contributed by atoms with Crippen LogP contribution in [0.3, 0.4) is 0 Å². The Balaban J connectivity index is 1.77. The Kier molecular flexibility index (Phi) is 7.19. The minimum absolute atomic E-state index is 0.121. The number of tetrazole rings is 1. The number of nitrogens with one attached hydrogen (secondary N) is 2. The fourth-order valence-corrected chi connectivity index (χ4v) is 4.39. The van der Waals surface area contributed by atoms with E-state index in [2.05, 4.69) is 25.6 Å². The number of thioether (sulfide) groups is 1. The fraction of sp³-hybridized carbons (Fsp3) is 0.263. The van der Waals surface area contributed by atoms with Crippen LogP contribution >= 0.6 is 11.8 Å². The van der Waals surface area contributed by atoms with Crippen LogP contribution in [0, 0.1) is 6.92 Å². The van der Waals surface area contributed by atoms with Crippen LogP contribution in [0.1, 0.15) is 12.0 Å². The molecule has 0 fully saturated rings. The molecular weight excluding hydrogens is 424 g/mol. The van der Waals surface area contributed by atoms with E-state index in [1.807, 2.05) is 13.2 Å². The van der Waals surface area contributed by atoms with Crippen molar-refractivity contribution in [2.24, 2.45) is 0 Å². The zero-order valence-corrected chi connectivity index (χ0v) is 18.2. The molecule has 0 aliphatic carbocycles. The number of hydrogen-bond donors (Lipinski definition) is 2. The number of rotatable bonds is 9. The van der Waals surface area contributed by atoms with E-state index in [0.29, 0.717) is 23.5 Å². The van der Waals surface area contributed by atoms with Gasteiger partial charge in [-0.05, 0) is 66.1 Å². The molecule has 0 unspecified atom stereocenters. The zero-order chi connectivity index (χ0) is 21.6. The SMILES string of the molecule is CSCC[C@@H](NS(=O)(=O)c1ccc(C)cc1)C(=O)Nc1cccc(-n2cnnn2)c1. The van der Waals surface area contributed by atoms with Crippen molar-refractivity contribution in [1.29, 1.82) is 0 Å². The lowest BCUT2D eigenvalue weighted by atomic mass is 10.2. The normalized spacial score (nSPS) is 12.5. The summed E-state index contributed by atoms with van der Waals surface area (Å²) in [6.07, 6.45) is 3.70. The van der Waals surface area contributed by atoms with Gasteiger partial charge in [-0.25, -0.2) is 13.1 Å². The van der Waals surface area contributed by atoms with E-state index in [4.69, 9.17) is 0 Å². The van der Waals surface area contributed by atoms with Crippen LogP contribution in [0.15, 0.2) is 59.8 Å². The van der Waals surface area contributed by atoms with Crippen LogP contribution in [0.5, 0.6) is 0 Å². The predicted molar refractivity (Wildman–Crippen MR) is 116 cm³/mol. The molecule has 0 bridgehead atoms. The van der Waals surface area contributed by atoms with Crippen molar-refractivity contribution < 1.29 is 13.2 Å². The highest BCUT2D eigenvalue weighted by molar-refractivity contribution is 7.98. The van der Waals surface area contributed by atoms with Gasteiger partial charge in [0.1, 0.15) is 12.4 Å². The minimum atomic E-state index is -3.84. The first-order chi connectivity index (χ1) is 14.4. The number of carbonyl (C=O) groups is 1. The van der Waals surface area contributed by atoms with Gasteiger partial charge in [0.25, 0.3) is 0 Å². The van der Waals surface area contributed by atoms with Crippen molar-refractivity contribution in [2.75, 3.05) is 17.3 Å². The molecule has 158 valence electrons. The minimum Gasteiger partial charge on any atom is -0.325 e. The summed E-state index contributed by atoms with van der Waals surface area (Å²) in [5, 5.41) is 13.8. The first-order valence-electron chi connectivity index (χ1n) is 9.11. The first-order valence-corrected chi connectivity index (χ1v) is 12.0.